The van der Waals surface area contributed by atoms with Crippen molar-refractivity contribution < 1.29 is 4.79 Å². The van der Waals surface area contributed by atoms with Gasteiger partial charge in [-0.25, -0.2) is 0 Å². The lowest BCUT2D eigenvalue weighted by Gasteiger charge is -2.22. The molecule has 1 aliphatic rings. The average Bonchev–Trinajstić information content (AvgIpc) is 2.49. The number of rotatable bonds is 2. The summed E-state index contributed by atoms with van der Waals surface area (Å²) in [7, 11) is 3.86. The van der Waals surface area contributed by atoms with Gasteiger partial charge in [0.25, 0.3) is 0 Å². The van der Waals surface area contributed by atoms with Crippen LogP contribution in [0.15, 0.2) is 6.08 Å². The number of carbonyl (C=O) groups is 1. The van der Waals surface area contributed by atoms with E-state index in [0.717, 1.165) is 25.6 Å². The van der Waals surface area contributed by atoms with E-state index < -0.39 is 0 Å². The molecule has 67 valence electrons. The quantitative estimate of drug-likeness (QED) is 0.546. The van der Waals surface area contributed by atoms with Gasteiger partial charge in [0.05, 0.1) is 0 Å². The third-order valence-corrected chi connectivity index (χ3v) is 2.40. The zero-order valence-electron chi connectivity index (χ0n) is 7.66. The molecule has 0 bridgehead atoms. The molecule has 1 radical (unpaired) electrons. The van der Waals surface area contributed by atoms with Crippen LogP contribution in [0.25, 0.3) is 0 Å². The van der Waals surface area contributed by atoms with Crippen LogP contribution in [0.1, 0.15) is 6.42 Å². The molecule has 0 N–H and O–H groups in total. The smallest absolute Gasteiger partial charge is 0.246 e. The third kappa shape index (κ3) is 1.85. The maximum Gasteiger partial charge on any atom is 0.246 e. The predicted molar refractivity (Wildman–Crippen MR) is 47.5 cm³/mol. The normalized spacial score (nSPS) is 24.0. The maximum atomic E-state index is 11.1. The van der Waals surface area contributed by atoms with Crippen LogP contribution in [0.2, 0.25) is 0 Å². The van der Waals surface area contributed by atoms with E-state index in [1.165, 1.54) is 0 Å². The van der Waals surface area contributed by atoms with Crippen molar-refractivity contribution in [3.05, 3.63) is 12.7 Å². The van der Waals surface area contributed by atoms with Crippen LogP contribution < -0.4 is 0 Å². The summed E-state index contributed by atoms with van der Waals surface area (Å²) in [4.78, 5) is 15.1. The molecule has 1 amide bonds. The first-order chi connectivity index (χ1) is 5.65. The minimum absolute atomic E-state index is 0.0877. The Hall–Kier alpha value is -0.830. The Morgan fingerprint density at radius 1 is 1.75 bits per heavy atom. The van der Waals surface area contributed by atoms with Crippen molar-refractivity contribution in [3.63, 3.8) is 0 Å². The monoisotopic (exact) mass is 167 g/mol. The standard InChI is InChI=1S/C9H15N2O/c1-4-9(12)11(3)8-5-6-10(2)7-8/h1,4,8H,5-7H2,2-3H3. The van der Waals surface area contributed by atoms with Gasteiger partial charge in [0, 0.05) is 25.7 Å². The summed E-state index contributed by atoms with van der Waals surface area (Å²) in [6.45, 7) is 7.16. The van der Waals surface area contributed by atoms with Crippen LogP contribution in [0.4, 0.5) is 0 Å². The summed E-state index contributed by atoms with van der Waals surface area (Å²) in [5.74, 6) is -0.0877. The molecule has 1 aliphatic heterocycles. The number of likely N-dealkylation sites (N-methyl/N-ethyl adjacent to an activating group) is 2. The highest BCUT2D eigenvalue weighted by Crippen LogP contribution is 2.12. The number of nitrogens with zero attached hydrogens (tertiary/aromatic N) is 2. The average molecular weight is 167 g/mol. The number of carbonyl (C=O) groups excluding carboxylic acids is 1. The fraction of sp³-hybridized carbons (Fsp3) is 0.667. The van der Waals surface area contributed by atoms with Crippen LogP contribution in [-0.2, 0) is 4.79 Å². The van der Waals surface area contributed by atoms with Crippen molar-refractivity contribution in [1.82, 2.24) is 9.80 Å². The first kappa shape index (κ1) is 9.26. The second-order valence-corrected chi connectivity index (χ2v) is 3.32. The lowest BCUT2D eigenvalue weighted by Crippen LogP contribution is -2.37. The van der Waals surface area contributed by atoms with Crippen molar-refractivity contribution in [2.75, 3.05) is 27.2 Å². The molecule has 0 spiro atoms. The van der Waals surface area contributed by atoms with Gasteiger partial charge < -0.3 is 9.80 Å². The van der Waals surface area contributed by atoms with Crippen LogP contribution in [0.5, 0.6) is 0 Å². The van der Waals surface area contributed by atoms with Crippen LogP contribution >= 0.6 is 0 Å². The van der Waals surface area contributed by atoms with E-state index in [2.05, 4.69) is 11.9 Å². The van der Waals surface area contributed by atoms with Crippen molar-refractivity contribution >= 4 is 5.91 Å². The van der Waals surface area contributed by atoms with E-state index >= 15 is 0 Å². The number of amides is 1. The van der Waals surface area contributed by atoms with Gasteiger partial charge in [-0.05, 0) is 20.0 Å². The van der Waals surface area contributed by atoms with Gasteiger partial charge in [0.1, 0.15) is 0 Å². The topological polar surface area (TPSA) is 23.6 Å². The highest BCUT2D eigenvalue weighted by Gasteiger charge is 2.24. The Morgan fingerprint density at radius 2 is 2.42 bits per heavy atom. The Bertz CT molecular complexity index is 191. The molecule has 1 saturated heterocycles. The highest BCUT2D eigenvalue weighted by molar-refractivity contribution is 5.86. The van der Waals surface area contributed by atoms with Crippen molar-refractivity contribution in [1.29, 1.82) is 0 Å². The van der Waals surface area contributed by atoms with E-state index in [1.54, 1.807) is 11.9 Å². The Labute approximate surface area is 73.6 Å². The molecule has 1 unspecified atom stereocenters. The van der Waals surface area contributed by atoms with E-state index in [4.69, 9.17) is 6.58 Å². The predicted octanol–water partition coefficient (Wildman–Crippen LogP) is 0.138. The van der Waals surface area contributed by atoms with Crippen LogP contribution in [-0.4, -0.2) is 48.9 Å². The molecule has 0 aromatic carbocycles. The largest absolute Gasteiger partial charge is 0.338 e. The van der Waals surface area contributed by atoms with Crippen molar-refractivity contribution in [2.24, 2.45) is 0 Å². The molecule has 1 atom stereocenters. The van der Waals surface area contributed by atoms with Crippen molar-refractivity contribution in [3.8, 4) is 0 Å². The SMILES string of the molecule is [CH]=CC(=O)N(C)C1CCN(C)C1. The molecule has 0 aliphatic carbocycles. The summed E-state index contributed by atoms with van der Waals surface area (Å²) >= 11 is 0. The summed E-state index contributed by atoms with van der Waals surface area (Å²) < 4.78 is 0. The zero-order chi connectivity index (χ0) is 9.14. The molecule has 0 aromatic heterocycles. The first-order valence-corrected chi connectivity index (χ1v) is 4.15. The first-order valence-electron chi connectivity index (χ1n) is 4.15. The molecule has 1 fully saturated rings. The minimum Gasteiger partial charge on any atom is -0.338 e. The molecule has 0 saturated carbocycles. The molecule has 12 heavy (non-hydrogen) atoms. The molecule has 3 nitrogen and oxygen atoms in total. The molecular formula is C9H15N2O. The fourth-order valence-electron chi connectivity index (χ4n) is 1.53. The molecular weight excluding hydrogens is 152 g/mol. The summed E-state index contributed by atoms with van der Waals surface area (Å²) in [6.07, 6.45) is 2.17. The molecule has 0 aromatic rings. The number of likely N-dealkylation sites (tertiary alicyclic amines) is 1. The second-order valence-electron chi connectivity index (χ2n) is 3.32. The van der Waals surface area contributed by atoms with E-state index in [-0.39, 0.29) is 5.91 Å². The summed E-state index contributed by atoms with van der Waals surface area (Å²) in [6, 6.07) is 0.335. The third-order valence-electron chi connectivity index (χ3n) is 2.40. The van der Waals surface area contributed by atoms with Gasteiger partial charge in [0.15, 0.2) is 0 Å². The fourth-order valence-corrected chi connectivity index (χ4v) is 1.53. The van der Waals surface area contributed by atoms with Crippen LogP contribution in [0.3, 0.4) is 0 Å². The zero-order valence-corrected chi connectivity index (χ0v) is 7.66. The van der Waals surface area contributed by atoms with Gasteiger partial charge >= 0.3 is 0 Å². The lowest BCUT2D eigenvalue weighted by molar-refractivity contribution is -0.126. The molecule has 1 heterocycles. The number of hydrogen-bond donors (Lipinski definition) is 0. The van der Waals surface area contributed by atoms with E-state index in [0.29, 0.717) is 6.04 Å². The molecule has 3 heteroatoms. The van der Waals surface area contributed by atoms with Gasteiger partial charge in [-0.3, -0.25) is 4.79 Å². The maximum absolute atomic E-state index is 11.1. The number of hydrogen-bond acceptors (Lipinski definition) is 2. The highest BCUT2D eigenvalue weighted by atomic mass is 16.2. The van der Waals surface area contributed by atoms with Gasteiger partial charge in [-0.2, -0.15) is 0 Å². The molecule has 1 rings (SSSR count). The summed E-state index contributed by atoms with van der Waals surface area (Å²) in [5.41, 5.74) is 0. The van der Waals surface area contributed by atoms with Gasteiger partial charge in [0.2, 0.25) is 5.91 Å². The Morgan fingerprint density at radius 3 is 2.83 bits per heavy atom. The second kappa shape index (κ2) is 3.72. The van der Waals surface area contributed by atoms with Gasteiger partial charge in [-0.15, -0.1) is 0 Å². The minimum atomic E-state index is -0.0877. The van der Waals surface area contributed by atoms with E-state index in [1.807, 2.05) is 0 Å². The Kier molecular flexibility index (Phi) is 2.87. The lowest BCUT2D eigenvalue weighted by atomic mass is 10.2. The summed E-state index contributed by atoms with van der Waals surface area (Å²) in [5, 5.41) is 0. The van der Waals surface area contributed by atoms with E-state index in [9.17, 15) is 4.79 Å². The van der Waals surface area contributed by atoms with Crippen LogP contribution in [0, 0.1) is 6.58 Å². The van der Waals surface area contributed by atoms with Gasteiger partial charge in [-0.1, -0.05) is 6.58 Å². The van der Waals surface area contributed by atoms with Crippen molar-refractivity contribution in [2.45, 2.75) is 12.5 Å². The Balaban J connectivity index is 2.47.